The molecule has 0 aliphatic carbocycles. The second kappa shape index (κ2) is 11.6. The molecule has 2 aromatic heterocycles. The van der Waals surface area contributed by atoms with E-state index < -0.39 is 0 Å². The maximum Gasteiger partial charge on any atom is 0.0999 e. The molecule has 6 heteroatoms. The third kappa shape index (κ3) is 4.77. The zero-order valence-corrected chi connectivity index (χ0v) is 25.4. The van der Waals surface area contributed by atoms with Crippen molar-refractivity contribution in [1.82, 2.24) is 15.0 Å². The predicted molar refractivity (Wildman–Crippen MR) is 188 cm³/mol. The molecule has 0 saturated carbocycles. The maximum atomic E-state index is 10.6. The Morgan fingerprint density at radius 1 is 0.396 bits per heavy atom. The van der Waals surface area contributed by atoms with E-state index in [2.05, 4.69) is 18.2 Å². The monoisotopic (exact) mass is 610 g/mol. The van der Waals surface area contributed by atoms with Crippen molar-refractivity contribution in [3.05, 3.63) is 150 Å². The molecule has 0 spiro atoms. The lowest BCUT2D eigenvalue weighted by atomic mass is 9.93. The van der Waals surface area contributed by atoms with Gasteiger partial charge in [-0.3, -0.25) is 0 Å². The Morgan fingerprint density at radius 2 is 0.938 bits per heavy atom. The molecule has 8 aromatic rings. The largest absolute Gasteiger partial charge is 0.247 e. The smallest absolute Gasteiger partial charge is 0.0999 e. The number of hydrogen-bond acceptors (Lipinski definition) is 6. The first kappa shape index (κ1) is 28.3. The SMILES string of the molecule is N#Cc1cc(C#N)cc(-c2ccc(-c3nc4ccccc4c4c3c(C#N)cc3nc(-c5ccccc5)c(-c5ccccc5)nc34)cc2)c1. The summed E-state index contributed by atoms with van der Waals surface area (Å²) in [5, 5.41) is 31.9. The minimum Gasteiger partial charge on any atom is -0.247 e. The summed E-state index contributed by atoms with van der Waals surface area (Å²) in [6.45, 7) is 0. The van der Waals surface area contributed by atoms with Gasteiger partial charge in [0.15, 0.2) is 0 Å². The average Bonchev–Trinajstić information content (AvgIpc) is 3.17. The Balaban J connectivity index is 1.42. The molecule has 48 heavy (non-hydrogen) atoms. The molecule has 0 aliphatic rings. The second-order valence-corrected chi connectivity index (χ2v) is 11.4. The van der Waals surface area contributed by atoms with Crippen molar-refractivity contribution >= 4 is 32.7 Å². The Kier molecular flexibility index (Phi) is 6.85. The number of fused-ring (bicyclic) bond motifs is 5. The molecular formula is C42H22N6. The van der Waals surface area contributed by atoms with Crippen LogP contribution in [-0.4, -0.2) is 15.0 Å². The normalized spacial score (nSPS) is 10.9. The number of rotatable bonds is 4. The van der Waals surface area contributed by atoms with Gasteiger partial charge < -0.3 is 0 Å². The highest BCUT2D eigenvalue weighted by molar-refractivity contribution is 6.22. The summed E-state index contributed by atoms with van der Waals surface area (Å²) >= 11 is 0. The van der Waals surface area contributed by atoms with Crippen molar-refractivity contribution < 1.29 is 0 Å². The Hall–Kier alpha value is -7.20. The zero-order valence-electron chi connectivity index (χ0n) is 25.4. The van der Waals surface area contributed by atoms with Crippen molar-refractivity contribution in [2.75, 3.05) is 0 Å². The van der Waals surface area contributed by atoms with Crippen molar-refractivity contribution in [1.29, 1.82) is 15.8 Å². The molecule has 6 aromatic carbocycles. The number of pyridine rings is 1. The highest BCUT2D eigenvalue weighted by Crippen LogP contribution is 2.41. The summed E-state index contributed by atoms with van der Waals surface area (Å²) in [7, 11) is 0. The molecule has 220 valence electrons. The first-order valence-corrected chi connectivity index (χ1v) is 15.3. The number of hydrogen-bond donors (Lipinski definition) is 0. The van der Waals surface area contributed by atoms with Gasteiger partial charge in [0.2, 0.25) is 0 Å². The van der Waals surface area contributed by atoms with E-state index in [9.17, 15) is 15.8 Å². The average molecular weight is 611 g/mol. The van der Waals surface area contributed by atoms with Crippen molar-refractivity contribution in [2.24, 2.45) is 0 Å². The number of nitrogens with zero attached hydrogens (tertiary/aromatic N) is 6. The molecule has 0 bridgehead atoms. The van der Waals surface area contributed by atoms with Crippen LogP contribution in [0, 0.1) is 34.0 Å². The topological polar surface area (TPSA) is 110 Å². The van der Waals surface area contributed by atoms with Crippen molar-refractivity contribution in [2.45, 2.75) is 0 Å². The van der Waals surface area contributed by atoms with E-state index in [1.165, 1.54) is 0 Å². The minimum absolute atomic E-state index is 0.423. The molecule has 8 rings (SSSR count). The zero-order chi connectivity index (χ0) is 32.6. The number of benzene rings is 6. The van der Waals surface area contributed by atoms with Crippen LogP contribution in [0.2, 0.25) is 0 Å². The fraction of sp³-hybridized carbons (Fsp3) is 0. The molecule has 2 heterocycles. The van der Waals surface area contributed by atoms with Gasteiger partial charge in [-0.1, -0.05) is 103 Å². The minimum atomic E-state index is 0.423. The van der Waals surface area contributed by atoms with Gasteiger partial charge in [0.1, 0.15) is 0 Å². The fourth-order valence-corrected chi connectivity index (χ4v) is 6.30. The van der Waals surface area contributed by atoms with Crippen LogP contribution in [0.25, 0.3) is 77.6 Å². The fourth-order valence-electron chi connectivity index (χ4n) is 6.30. The van der Waals surface area contributed by atoms with Crippen molar-refractivity contribution in [3.8, 4) is 63.1 Å². The van der Waals surface area contributed by atoms with E-state index in [1.807, 2.05) is 115 Å². The first-order chi connectivity index (χ1) is 23.6. The van der Waals surface area contributed by atoms with Crippen LogP contribution >= 0.6 is 0 Å². The van der Waals surface area contributed by atoms with E-state index >= 15 is 0 Å². The van der Waals surface area contributed by atoms with Gasteiger partial charge in [-0.25, -0.2) is 15.0 Å². The molecular weight excluding hydrogens is 589 g/mol. The van der Waals surface area contributed by atoms with Crippen LogP contribution in [0.15, 0.2) is 133 Å². The third-order valence-corrected chi connectivity index (χ3v) is 8.50. The summed E-state index contributed by atoms with van der Waals surface area (Å²) in [4.78, 5) is 15.6. The third-order valence-electron chi connectivity index (χ3n) is 8.50. The van der Waals surface area contributed by atoms with E-state index in [1.54, 1.807) is 18.2 Å². The van der Waals surface area contributed by atoms with Gasteiger partial charge in [0.25, 0.3) is 0 Å². The molecule has 0 radical (unpaired) electrons. The van der Waals surface area contributed by atoms with Crippen LogP contribution in [0.3, 0.4) is 0 Å². The molecule has 0 amide bonds. The standard InChI is InChI=1S/C42H22N6/c43-23-26-19-27(24-44)21-32(20-26)28-15-17-31(18-16-28)39-37-33(25-45)22-36-42(38(37)34-13-7-8-14-35(34)46-39)48-41(30-11-5-2-6-12-30)40(47-36)29-9-3-1-4-10-29/h1-22H. The molecule has 0 atom stereocenters. The van der Waals surface area contributed by atoms with E-state index in [0.717, 1.165) is 55.5 Å². The molecule has 0 fully saturated rings. The first-order valence-electron chi connectivity index (χ1n) is 15.3. The van der Waals surface area contributed by atoms with Crippen LogP contribution < -0.4 is 0 Å². The molecule has 0 saturated heterocycles. The predicted octanol–water partition coefficient (Wildman–Crippen LogP) is 9.61. The Labute approximate surface area is 276 Å². The van der Waals surface area contributed by atoms with Gasteiger partial charge in [-0.05, 0) is 41.5 Å². The van der Waals surface area contributed by atoms with Crippen LogP contribution in [-0.2, 0) is 0 Å². The van der Waals surface area contributed by atoms with Gasteiger partial charge >= 0.3 is 0 Å². The molecule has 6 nitrogen and oxygen atoms in total. The van der Waals surface area contributed by atoms with E-state index in [-0.39, 0.29) is 0 Å². The number of nitriles is 3. The van der Waals surface area contributed by atoms with E-state index in [0.29, 0.717) is 38.8 Å². The molecule has 0 aliphatic heterocycles. The summed E-state index contributed by atoms with van der Waals surface area (Å²) in [5.74, 6) is 0. The highest BCUT2D eigenvalue weighted by atomic mass is 14.8. The second-order valence-electron chi connectivity index (χ2n) is 11.4. The number of aromatic nitrogens is 3. The summed E-state index contributed by atoms with van der Waals surface area (Å²) in [6, 6.07) is 49.4. The lowest BCUT2D eigenvalue weighted by Crippen LogP contribution is -1.99. The van der Waals surface area contributed by atoms with Gasteiger partial charge in [-0.2, -0.15) is 15.8 Å². The Morgan fingerprint density at radius 3 is 1.56 bits per heavy atom. The van der Waals surface area contributed by atoms with E-state index in [4.69, 9.17) is 15.0 Å². The maximum absolute atomic E-state index is 10.6. The molecule has 0 unspecified atom stereocenters. The number of para-hydroxylation sites is 1. The Bertz CT molecular complexity index is 2650. The van der Waals surface area contributed by atoms with Crippen LogP contribution in [0.5, 0.6) is 0 Å². The van der Waals surface area contributed by atoms with Gasteiger partial charge in [-0.15, -0.1) is 0 Å². The van der Waals surface area contributed by atoms with Gasteiger partial charge in [0.05, 0.1) is 68.5 Å². The molecule has 0 N–H and O–H groups in total. The summed E-state index contributed by atoms with van der Waals surface area (Å²) in [5.41, 5.74) is 9.88. The van der Waals surface area contributed by atoms with Crippen LogP contribution in [0.4, 0.5) is 0 Å². The van der Waals surface area contributed by atoms with Gasteiger partial charge in [0, 0.05) is 32.8 Å². The van der Waals surface area contributed by atoms with Crippen LogP contribution in [0.1, 0.15) is 16.7 Å². The summed E-state index contributed by atoms with van der Waals surface area (Å²) in [6.07, 6.45) is 0. The quantitative estimate of drug-likeness (QED) is 0.184. The summed E-state index contributed by atoms with van der Waals surface area (Å²) < 4.78 is 0. The lowest BCUT2D eigenvalue weighted by molar-refractivity contribution is 1.30. The lowest BCUT2D eigenvalue weighted by Gasteiger charge is -2.16. The van der Waals surface area contributed by atoms with Crippen molar-refractivity contribution in [3.63, 3.8) is 0 Å². The highest BCUT2D eigenvalue weighted by Gasteiger charge is 2.21.